The molecule has 1 heterocycles. The number of alkyl halides is 1. The van der Waals surface area contributed by atoms with Crippen LogP contribution in [0, 0.1) is 0 Å². The van der Waals surface area contributed by atoms with E-state index in [0.29, 0.717) is 11.9 Å². The summed E-state index contributed by atoms with van der Waals surface area (Å²) in [7, 11) is 0. The summed E-state index contributed by atoms with van der Waals surface area (Å²) in [5.74, 6) is 0.587. The van der Waals surface area contributed by atoms with Gasteiger partial charge in [0.05, 0.1) is 6.54 Å². The Balaban J connectivity index is 1.89. The Labute approximate surface area is 117 Å². The average Bonchev–Trinajstić information content (AvgIpc) is 3.13. The van der Waals surface area contributed by atoms with Gasteiger partial charge in [-0.05, 0) is 35.9 Å². The molecule has 0 saturated heterocycles. The van der Waals surface area contributed by atoms with Crippen LogP contribution >= 0.6 is 22.9 Å². The van der Waals surface area contributed by atoms with Crippen molar-refractivity contribution in [3.8, 4) is 0 Å². The van der Waals surface area contributed by atoms with Gasteiger partial charge in [0.2, 0.25) is 0 Å². The van der Waals surface area contributed by atoms with E-state index in [1.54, 1.807) is 0 Å². The smallest absolute Gasteiger partial charge is 0.0526 e. The summed E-state index contributed by atoms with van der Waals surface area (Å²) < 4.78 is 0. The Morgan fingerprint density at radius 1 is 1.17 bits per heavy atom. The van der Waals surface area contributed by atoms with Crippen molar-refractivity contribution in [1.29, 1.82) is 0 Å². The third-order valence-corrected chi connectivity index (χ3v) is 4.49. The van der Waals surface area contributed by atoms with Gasteiger partial charge in [-0.25, -0.2) is 0 Å². The molecule has 0 N–H and O–H groups in total. The van der Waals surface area contributed by atoms with Gasteiger partial charge in [-0.2, -0.15) is 0 Å². The van der Waals surface area contributed by atoms with Crippen LogP contribution in [-0.4, -0.2) is 6.04 Å². The summed E-state index contributed by atoms with van der Waals surface area (Å²) in [6.07, 6.45) is 2.62. The van der Waals surface area contributed by atoms with Gasteiger partial charge in [-0.1, -0.05) is 24.3 Å². The van der Waals surface area contributed by atoms with E-state index in [-0.39, 0.29) is 0 Å². The van der Waals surface area contributed by atoms with E-state index >= 15 is 0 Å². The van der Waals surface area contributed by atoms with Crippen molar-refractivity contribution in [1.82, 2.24) is 0 Å². The molecule has 1 saturated carbocycles. The minimum absolute atomic E-state index is 0.587. The highest BCUT2D eigenvalue weighted by atomic mass is 35.5. The molecule has 0 amide bonds. The molecule has 1 fully saturated rings. The Hall–Kier alpha value is -0.990. The highest BCUT2D eigenvalue weighted by molar-refractivity contribution is 7.09. The molecule has 1 nitrogen and oxygen atoms in total. The molecule has 3 rings (SSSR count). The number of hydrogen-bond donors (Lipinski definition) is 0. The Bertz CT molecular complexity index is 505. The maximum absolute atomic E-state index is 6.06. The molecule has 0 atom stereocenters. The van der Waals surface area contributed by atoms with Crippen LogP contribution in [0.15, 0.2) is 41.8 Å². The fourth-order valence-electron chi connectivity index (χ4n) is 2.27. The fourth-order valence-corrected chi connectivity index (χ4v) is 3.20. The lowest BCUT2D eigenvalue weighted by molar-refractivity contribution is 0.799. The molecule has 3 heteroatoms. The van der Waals surface area contributed by atoms with Gasteiger partial charge in [0, 0.05) is 22.5 Å². The highest BCUT2D eigenvalue weighted by Gasteiger charge is 2.30. The average molecular weight is 278 g/mol. The quantitative estimate of drug-likeness (QED) is 0.719. The lowest BCUT2D eigenvalue weighted by Gasteiger charge is -2.26. The van der Waals surface area contributed by atoms with Crippen LogP contribution in [0.2, 0.25) is 0 Å². The summed E-state index contributed by atoms with van der Waals surface area (Å²) >= 11 is 7.89. The van der Waals surface area contributed by atoms with Gasteiger partial charge in [-0.3, -0.25) is 0 Å². The summed E-state index contributed by atoms with van der Waals surface area (Å²) in [5, 5.41) is 2.15. The predicted octanol–water partition coefficient (Wildman–Crippen LogP) is 4.66. The zero-order valence-electron chi connectivity index (χ0n) is 10.2. The molecule has 1 aliphatic carbocycles. The number of anilines is 1. The van der Waals surface area contributed by atoms with E-state index in [1.165, 1.54) is 29.0 Å². The number of halogens is 1. The van der Waals surface area contributed by atoms with Crippen LogP contribution in [-0.2, 0) is 12.4 Å². The lowest BCUT2D eigenvalue weighted by atomic mass is 10.1. The molecule has 0 radical (unpaired) electrons. The van der Waals surface area contributed by atoms with Crippen molar-refractivity contribution in [2.75, 3.05) is 4.90 Å². The van der Waals surface area contributed by atoms with Gasteiger partial charge in [-0.15, -0.1) is 22.9 Å². The van der Waals surface area contributed by atoms with Crippen molar-refractivity contribution in [3.05, 3.63) is 52.2 Å². The summed E-state index contributed by atoms with van der Waals surface area (Å²) in [4.78, 5) is 3.94. The number of benzene rings is 1. The van der Waals surface area contributed by atoms with E-state index in [9.17, 15) is 0 Å². The number of thiophene rings is 1. The first-order chi connectivity index (χ1) is 8.88. The Kier molecular flexibility index (Phi) is 3.57. The lowest BCUT2D eigenvalue weighted by Crippen LogP contribution is -2.25. The maximum Gasteiger partial charge on any atom is 0.0526 e. The van der Waals surface area contributed by atoms with Crippen LogP contribution in [0.3, 0.4) is 0 Å². The maximum atomic E-state index is 6.06. The van der Waals surface area contributed by atoms with E-state index in [2.05, 4.69) is 46.7 Å². The molecule has 1 aliphatic rings. The first kappa shape index (κ1) is 12.1. The second-order valence-corrected chi connectivity index (χ2v) is 6.00. The third-order valence-electron chi connectivity index (χ3n) is 3.34. The first-order valence-electron chi connectivity index (χ1n) is 6.31. The minimum atomic E-state index is 0.587. The van der Waals surface area contributed by atoms with Gasteiger partial charge in [0.1, 0.15) is 0 Å². The van der Waals surface area contributed by atoms with Crippen molar-refractivity contribution in [2.45, 2.75) is 31.3 Å². The van der Waals surface area contributed by atoms with E-state index < -0.39 is 0 Å². The number of para-hydroxylation sites is 1. The molecule has 0 bridgehead atoms. The van der Waals surface area contributed by atoms with Crippen molar-refractivity contribution in [3.63, 3.8) is 0 Å². The molecule has 18 heavy (non-hydrogen) atoms. The van der Waals surface area contributed by atoms with Crippen molar-refractivity contribution >= 4 is 28.6 Å². The Morgan fingerprint density at radius 3 is 2.67 bits per heavy atom. The Morgan fingerprint density at radius 2 is 2.00 bits per heavy atom. The fraction of sp³-hybridized carbons (Fsp3) is 0.333. The van der Waals surface area contributed by atoms with Gasteiger partial charge >= 0.3 is 0 Å². The molecule has 2 aromatic rings. The molecular weight excluding hydrogens is 262 g/mol. The molecule has 0 spiro atoms. The summed E-state index contributed by atoms with van der Waals surface area (Å²) in [5.41, 5.74) is 2.55. The topological polar surface area (TPSA) is 3.24 Å². The van der Waals surface area contributed by atoms with E-state index in [0.717, 1.165) is 6.54 Å². The number of hydrogen-bond acceptors (Lipinski definition) is 2. The summed E-state index contributed by atoms with van der Waals surface area (Å²) in [6, 6.07) is 13.5. The number of nitrogens with zero attached hydrogens (tertiary/aromatic N) is 1. The highest BCUT2D eigenvalue weighted by Crippen LogP contribution is 2.35. The van der Waals surface area contributed by atoms with Gasteiger partial charge in [0.25, 0.3) is 0 Å². The van der Waals surface area contributed by atoms with Crippen LogP contribution < -0.4 is 4.90 Å². The van der Waals surface area contributed by atoms with Gasteiger partial charge < -0.3 is 4.90 Å². The molecule has 94 valence electrons. The van der Waals surface area contributed by atoms with Crippen molar-refractivity contribution in [2.24, 2.45) is 0 Å². The zero-order chi connectivity index (χ0) is 12.4. The van der Waals surface area contributed by atoms with Crippen LogP contribution in [0.25, 0.3) is 0 Å². The van der Waals surface area contributed by atoms with Crippen LogP contribution in [0.1, 0.15) is 23.3 Å². The van der Waals surface area contributed by atoms with Gasteiger partial charge in [0.15, 0.2) is 0 Å². The third kappa shape index (κ3) is 2.55. The molecule has 0 aliphatic heterocycles. The monoisotopic (exact) mass is 277 g/mol. The predicted molar refractivity (Wildman–Crippen MR) is 79.5 cm³/mol. The molecule has 0 unspecified atom stereocenters. The minimum Gasteiger partial charge on any atom is -0.363 e. The normalized spacial score (nSPS) is 14.7. The first-order valence-corrected chi connectivity index (χ1v) is 7.73. The number of rotatable bonds is 5. The van der Waals surface area contributed by atoms with Crippen molar-refractivity contribution < 1.29 is 0 Å². The summed E-state index contributed by atoms with van der Waals surface area (Å²) in [6.45, 7) is 1.01. The molecule has 1 aromatic carbocycles. The standard InChI is InChI=1S/C15H16ClNS/c16-10-12-4-1-2-6-15(12)17(13-7-8-13)11-14-5-3-9-18-14/h1-6,9,13H,7-8,10-11H2. The zero-order valence-corrected chi connectivity index (χ0v) is 11.8. The second-order valence-electron chi connectivity index (χ2n) is 4.70. The SMILES string of the molecule is ClCc1ccccc1N(Cc1cccs1)C1CC1. The molecular formula is C15H16ClNS. The molecule has 1 aromatic heterocycles. The van der Waals surface area contributed by atoms with E-state index in [4.69, 9.17) is 11.6 Å². The second kappa shape index (κ2) is 5.33. The van der Waals surface area contributed by atoms with Crippen LogP contribution in [0.5, 0.6) is 0 Å². The van der Waals surface area contributed by atoms with Crippen LogP contribution in [0.4, 0.5) is 5.69 Å². The largest absolute Gasteiger partial charge is 0.363 e. The van der Waals surface area contributed by atoms with E-state index in [1.807, 2.05) is 11.3 Å².